The zero-order valence-electron chi connectivity index (χ0n) is 11.9. The number of ether oxygens (including phenoxy) is 1. The number of benzene rings is 2. The summed E-state index contributed by atoms with van der Waals surface area (Å²) >= 11 is 0. The van der Waals surface area contributed by atoms with Crippen LogP contribution in [0.1, 0.15) is 12.5 Å². The van der Waals surface area contributed by atoms with E-state index in [1.807, 2.05) is 0 Å². The van der Waals surface area contributed by atoms with Crippen LogP contribution in [0.3, 0.4) is 0 Å². The summed E-state index contributed by atoms with van der Waals surface area (Å²) in [5.41, 5.74) is 1.97. The Hall–Kier alpha value is -2.89. The fourth-order valence-electron chi connectivity index (χ4n) is 2.41. The third-order valence-electron chi connectivity index (χ3n) is 3.38. The van der Waals surface area contributed by atoms with Crippen molar-refractivity contribution < 1.29 is 18.9 Å². The Morgan fingerprint density at radius 3 is 2.73 bits per heavy atom. The molecule has 2 aromatic carbocycles. The van der Waals surface area contributed by atoms with Crippen LogP contribution in [0.25, 0.3) is 21.9 Å². The van der Waals surface area contributed by atoms with Gasteiger partial charge in [-0.3, -0.25) is 14.9 Å². The summed E-state index contributed by atoms with van der Waals surface area (Å²) < 4.78 is 10.6. The molecule has 0 fully saturated rings. The van der Waals surface area contributed by atoms with Crippen molar-refractivity contribution in [2.45, 2.75) is 13.3 Å². The predicted octanol–water partition coefficient (Wildman–Crippen LogP) is 3.60. The second-order valence-electron chi connectivity index (χ2n) is 4.85. The lowest BCUT2D eigenvalue weighted by Gasteiger charge is -2.01. The molecule has 0 N–H and O–H groups in total. The van der Waals surface area contributed by atoms with Crippen molar-refractivity contribution >= 4 is 33.6 Å². The molecule has 0 bridgehead atoms. The van der Waals surface area contributed by atoms with E-state index in [0.717, 1.165) is 10.9 Å². The van der Waals surface area contributed by atoms with Crippen LogP contribution in [-0.4, -0.2) is 17.5 Å². The fourth-order valence-corrected chi connectivity index (χ4v) is 2.41. The van der Waals surface area contributed by atoms with E-state index in [4.69, 9.17) is 9.15 Å². The zero-order chi connectivity index (χ0) is 15.7. The molecule has 0 saturated heterocycles. The molecule has 0 aliphatic rings. The van der Waals surface area contributed by atoms with E-state index in [1.165, 1.54) is 12.1 Å². The van der Waals surface area contributed by atoms with Crippen molar-refractivity contribution in [3.63, 3.8) is 0 Å². The normalized spacial score (nSPS) is 11.0. The molecule has 0 amide bonds. The summed E-state index contributed by atoms with van der Waals surface area (Å²) in [6.45, 7) is 2.10. The van der Waals surface area contributed by atoms with E-state index in [-0.39, 0.29) is 18.1 Å². The first-order chi connectivity index (χ1) is 10.6. The average Bonchev–Trinajstić information content (AvgIpc) is 2.84. The Morgan fingerprint density at radius 2 is 2.00 bits per heavy atom. The minimum absolute atomic E-state index is 0.0193. The smallest absolute Gasteiger partial charge is 0.310 e. The van der Waals surface area contributed by atoms with Crippen LogP contribution in [0, 0.1) is 10.1 Å². The summed E-state index contributed by atoms with van der Waals surface area (Å²) in [7, 11) is 0. The number of esters is 1. The van der Waals surface area contributed by atoms with Gasteiger partial charge in [-0.2, -0.15) is 0 Å². The maximum atomic E-state index is 11.5. The topological polar surface area (TPSA) is 82.6 Å². The third kappa shape index (κ3) is 2.50. The lowest BCUT2D eigenvalue weighted by atomic mass is 10.1. The number of furan rings is 1. The van der Waals surface area contributed by atoms with Crippen molar-refractivity contribution in [3.05, 3.63) is 52.1 Å². The third-order valence-corrected chi connectivity index (χ3v) is 3.38. The predicted molar refractivity (Wildman–Crippen MR) is 80.7 cm³/mol. The maximum absolute atomic E-state index is 11.5. The maximum Gasteiger partial charge on any atom is 0.310 e. The molecule has 0 unspecified atom stereocenters. The first kappa shape index (κ1) is 14.1. The van der Waals surface area contributed by atoms with Crippen molar-refractivity contribution in [1.29, 1.82) is 0 Å². The van der Waals surface area contributed by atoms with Gasteiger partial charge in [0.15, 0.2) is 0 Å². The zero-order valence-corrected chi connectivity index (χ0v) is 11.9. The van der Waals surface area contributed by atoms with E-state index >= 15 is 0 Å². The standard InChI is InChI=1S/C16H13NO5/c1-2-21-16(18)8-10-3-5-12-13-9-11(17(19)20)4-6-14(13)22-15(12)7-10/h3-7,9H,2,8H2,1H3. The molecule has 3 rings (SSSR count). The van der Waals surface area contributed by atoms with Gasteiger partial charge in [-0.05, 0) is 24.6 Å². The lowest BCUT2D eigenvalue weighted by Crippen LogP contribution is -2.07. The van der Waals surface area contributed by atoms with Crippen LogP contribution in [0.4, 0.5) is 5.69 Å². The van der Waals surface area contributed by atoms with Crippen LogP contribution in [0.15, 0.2) is 40.8 Å². The number of hydrogen-bond donors (Lipinski definition) is 0. The first-order valence-electron chi connectivity index (χ1n) is 6.83. The molecule has 1 heterocycles. The van der Waals surface area contributed by atoms with Gasteiger partial charge < -0.3 is 9.15 Å². The van der Waals surface area contributed by atoms with E-state index in [2.05, 4.69) is 0 Å². The molecule has 1 aromatic heterocycles. The molecule has 0 saturated carbocycles. The van der Waals surface area contributed by atoms with Gasteiger partial charge in [-0.1, -0.05) is 12.1 Å². The quantitative estimate of drug-likeness (QED) is 0.417. The van der Waals surface area contributed by atoms with Gasteiger partial charge in [0.1, 0.15) is 11.2 Å². The number of nitro groups is 1. The van der Waals surface area contributed by atoms with Crippen molar-refractivity contribution in [2.75, 3.05) is 6.61 Å². The van der Waals surface area contributed by atoms with Crippen molar-refractivity contribution in [1.82, 2.24) is 0 Å². The summed E-state index contributed by atoms with van der Waals surface area (Å²) in [5.74, 6) is -0.298. The number of hydrogen-bond acceptors (Lipinski definition) is 5. The molecule has 0 atom stereocenters. The van der Waals surface area contributed by atoms with Crippen LogP contribution >= 0.6 is 0 Å². The minimum atomic E-state index is -0.437. The summed E-state index contributed by atoms with van der Waals surface area (Å²) in [6.07, 6.45) is 0.168. The highest BCUT2D eigenvalue weighted by atomic mass is 16.6. The Kier molecular flexibility index (Phi) is 3.50. The first-order valence-corrected chi connectivity index (χ1v) is 6.83. The van der Waals surface area contributed by atoms with Crippen LogP contribution in [0.2, 0.25) is 0 Å². The largest absolute Gasteiger partial charge is 0.466 e. The molecule has 6 heteroatoms. The molecule has 22 heavy (non-hydrogen) atoms. The van der Waals surface area contributed by atoms with E-state index in [1.54, 1.807) is 31.2 Å². The van der Waals surface area contributed by atoms with E-state index in [9.17, 15) is 14.9 Å². The molecular weight excluding hydrogens is 286 g/mol. The van der Waals surface area contributed by atoms with Gasteiger partial charge in [0, 0.05) is 22.9 Å². The van der Waals surface area contributed by atoms with Crippen molar-refractivity contribution in [2.24, 2.45) is 0 Å². The molecular formula is C16H13NO5. The number of non-ortho nitro benzene ring substituents is 1. The fraction of sp³-hybridized carbons (Fsp3) is 0.188. The SMILES string of the molecule is CCOC(=O)Cc1ccc2c(c1)oc1ccc([N+](=O)[O-])cc12. The second kappa shape index (κ2) is 5.48. The minimum Gasteiger partial charge on any atom is -0.466 e. The Bertz CT molecular complexity index is 881. The number of carbonyl (C=O) groups excluding carboxylic acids is 1. The second-order valence-corrected chi connectivity index (χ2v) is 4.85. The molecule has 0 aliphatic carbocycles. The molecule has 0 radical (unpaired) electrons. The molecule has 3 aromatic rings. The Balaban J connectivity index is 2.04. The highest BCUT2D eigenvalue weighted by Gasteiger charge is 2.13. The number of nitro benzene ring substituents is 1. The van der Waals surface area contributed by atoms with Gasteiger partial charge in [-0.15, -0.1) is 0 Å². The lowest BCUT2D eigenvalue weighted by molar-refractivity contribution is -0.384. The van der Waals surface area contributed by atoms with Crippen LogP contribution in [-0.2, 0) is 16.0 Å². The number of rotatable bonds is 4. The number of carbonyl (C=O) groups is 1. The molecule has 0 aliphatic heterocycles. The highest BCUT2D eigenvalue weighted by molar-refractivity contribution is 6.05. The van der Waals surface area contributed by atoms with E-state index < -0.39 is 4.92 Å². The molecule has 0 spiro atoms. The van der Waals surface area contributed by atoms with Crippen LogP contribution < -0.4 is 0 Å². The highest BCUT2D eigenvalue weighted by Crippen LogP contribution is 2.32. The number of fused-ring (bicyclic) bond motifs is 3. The Labute approximate surface area is 125 Å². The average molecular weight is 299 g/mol. The van der Waals surface area contributed by atoms with Crippen molar-refractivity contribution in [3.8, 4) is 0 Å². The van der Waals surface area contributed by atoms with Gasteiger partial charge in [0.05, 0.1) is 18.0 Å². The summed E-state index contributed by atoms with van der Waals surface area (Å²) in [5, 5.41) is 12.3. The Morgan fingerprint density at radius 1 is 1.18 bits per heavy atom. The van der Waals surface area contributed by atoms with E-state index in [0.29, 0.717) is 23.2 Å². The van der Waals surface area contributed by atoms with Gasteiger partial charge in [0.2, 0.25) is 0 Å². The molecule has 6 nitrogen and oxygen atoms in total. The van der Waals surface area contributed by atoms with Crippen LogP contribution in [0.5, 0.6) is 0 Å². The van der Waals surface area contributed by atoms with Gasteiger partial charge >= 0.3 is 5.97 Å². The summed E-state index contributed by atoms with van der Waals surface area (Å²) in [6, 6.07) is 9.85. The molecule has 112 valence electrons. The van der Waals surface area contributed by atoms with Gasteiger partial charge in [0.25, 0.3) is 5.69 Å². The van der Waals surface area contributed by atoms with Gasteiger partial charge in [-0.25, -0.2) is 0 Å². The summed E-state index contributed by atoms with van der Waals surface area (Å²) in [4.78, 5) is 21.9. The monoisotopic (exact) mass is 299 g/mol. The number of nitrogens with zero attached hydrogens (tertiary/aromatic N) is 1.